The minimum Gasteiger partial charge on any atom is -0.355 e. The number of nitrogens with zero attached hydrogens (tertiary/aromatic N) is 5. The van der Waals surface area contributed by atoms with Gasteiger partial charge in [-0.25, -0.2) is 8.42 Å². The van der Waals surface area contributed by atoms with Gasteiger partial charge in [-0.2, -0.15) is 17.7 Å². The maximum Gasteiger partial charge on any atom is 0.453 e. The van der Waals surface area contributed by atoms with Crippen LogP contribution in [0.1, 0.15) is 12.7 Å². The molecule has 0 aliphatic rings. The lowest BCUT2D eigenvalue weighted by molar-refractivity contribution is -0.146. The predicted molar refractivity (Wildman–Crippen MR) is 73.4 cm³/mol. The van der Waals surface area contributed by atoms with Crippen LogP contribution in [-0.2, 0) is 16.0 Å². The van der Waals surface area contributed by atoms with Crippen molar-refractivity contribution in [2.24, 2.45) is 0 Å². The number of hydrogen-bond donors (Lipinski definition) is 0. The highest BCUT2D eigenvalue weighted by molar-refractivity contribution is 7.90. The summed E-state index contributed by atoms with van der Waals surface area (Å²) in [5.41, 5.74) is -0.0414. The van der Waals surface area contributed by atoms with Crippen molar-refractivity contribution in [3.63, 3.8) is 0 Å². The second kappa shape index (κ2) is 5.38. The number of sulfone groups is 1. The molecule has 22 heavy (non-hydrogen) atoms. The molecule has 0 fully saturated rings. The monoisotopic (exact) mass is 337 g/mol. The summed E-state index contributed by atoms with van der Waals surface area (Å²) in [5.74, 6) is -1.18. The molecule has 0 saturated heterocycles. The van der Waals surface area contributed by atoms with Crippen LogP contribution < -0.4 is 4.90 Å². The third-order valence-corrected chi connectivity index (χ3v) is 4.16. The van der Waals surface area contributed by atoms with Gasteiger partial charge in [-0.05, 0) is 19.1 Å². The molecular weight excluding hydrogens is 323 g/mol. The van der Waals surface area contributed by atoms with Crippen LogP contribution in [0.3, 0.4) is 0 Å². The summed E-state index contributed by atoms with van der Waals surface area (Å²) >= 11 is 0. The van der Waals surface area contributed by atoms with Crippen molar-refractivity contribution in [1.82, 2.24) is 19.8 Å². The molecule has 2 heterocycles. The van der Waals surface area contributed by atoms with E-state index < -0.39 is 27.9 Å². The number of fused-ring (bicyclic) bond motifs is 1. The van der Waals surface area contributed by atoms with Crippen molar-refractivity contribution >= 4 is 21.3 Å². The molecule has 0 bridgehead atoms. The fourth-order valence-electron chi connectivity index (χ4n) is 1.92. The molecule has 7 nitrogen and oxygen atoms in total. The lowest BCUT2D eigenvalue weighted by Crippen LogP contribution is -2.35. The van der Waals surface area contributed by atoms with Gasteiger partial charge in [-0.1, -0.05) is 0 Å². The molecule has 2 aromatic heterocycles. The maximum atomic E-state index is 12.8. The summed E-state index contributed by atoms with van der Waals surface area (Å²) in [5, 5.41) is 10.3. The minimum absolute atomic E-state index is 0.0414. The predicted octanol–water partition coefficient (Wildman–Crippen LogP) is 1.01. The topological polar surface area (TPSA) is 80.5 Å². The van der Waals surface area contributed by atoms with Crippen LogP contribution in [0.2, 0.25) is 0 Å². The van der Waals surface area contributed by atoms with Gasteiger partial charge in [0, 0.05) is 19.3 Å². The number of aromatic nitrogens is 4. The van der Waals surface area contributed by atoms with E-state index in [1.807, 2.05) is 0 Å². The summed E-state index contributed by atoms with van der Waals surface area (Å²) in [6.07, 6.45) is -3.59. The first-order valence-corrected chi connectivity index (χ1v) is 8.25. The number of anilines is 1. The molecule has 0 aliphatic heterocycles. The number of alkyl halides is 3. The highest BCUT2D eigenvalue weighted by atomic mass is 32.2. The van der Waals surface area contributed by atoms with E-state index in [-0.39, 0.29) is 17.2 Å². The maximum absolute atomic E-state index is 12.8. The molecule has 122 valence electrons. The lowest BCUT2D eigenvalue weighted by atomic mass is 10.3. The van der Waals surface area contributed by atoms with Gasteiger partial charge in [0.2, 0.25) is 0 Å². The second-order valence-electron chi connectivity index (χ2n) is 5.04. The van der Waals surface area contributed by atoms with Crippen LogP contribution in [0, 0.1) is 0 Å². The molecule has 0 aliphatic carbocycles. The fraction of sp³-hybridized carbons (Fsp3) is 0.545. The second-order valence-corrected chi connectivity index (χ2v) is 7.22. The number of rotatable bonds is 4. The highest BCUT2D eigenvalue weighted by Gasteiger charge is 2.37. The van der Waals surface area contributed by atoms with Gasteiger partial charge in [-0.3, -0.25) is 0 Å². The van der Waals surface area contributed by atoms with E-state index in [0.29, 0.717) is 4.52 Å². The molecule has 1 atom stereocenters. The van der Waals surface area contributed by atoms with Gasteiger partial charge >= 0.3 is 6.18 Å². The van der Waals surface area contributed by atoms with E-state index in [9.17, 15) is 21.6 Å². The zero-order chi connectivity index (χ0) is 16.7. The SMILES string of the molecule is C[C@@H](CS(C)(=O)=O)N(C)c1ccc2nnc(C(F)(F)F)n2n1. The Bertz CT molecular complexity index is 787. The molecule has 0 N–H and O–H groups in total. The van der Waals surface area contributed by atoms with E-state index in [0.717, 1.165) is 6.26 Å². The molecule has 2 rings (SSSR count). The Balaban J connectivity index is 2.40. The van der Waals surface area contributed by atoms with E-state index in [2.05, 4.69) is 15.3 Å². The zero-order valence-electron chi connectivity index (χ0n) is 12.0. The Hall–Kier alpha value is -1.91. The Kier molecular flexibility index (Phi) is 4.02. The van der Waals surface area contributed by atoms with Crippen LogP contribution in [0.25, 0.3) is 5.65 Å². The Morgan fingerprint density at radius 2 is 1.95 bits per heavy atom. The van der Waals surface area contributed by atoms with Gasteiger partial charge in [-0.15, -0.1) is 15.3 Å². The van der Waals surface area contributed by atoms with Crippen molar-refractivity contribution in [3.05, 3.63) is 18.0 Å². The third-order valence-electron chi connectivity index (χ3n) is 3.07. The first-order valence-electron chi connectivity index (χ1n) is 6.19. The summed E-state index contributed by atoms with van der Waals surface area (Å²) < 4.78 is 61.6. The van der Waals surface area contributed by atoms with Crippen molar-refractivity contribution in [2.45, 2.75) is 19.1 Å². The summed E-state index contributed by atoms with van der Waals surface area (Å²) in [4.78, 5) is 1.49. The van der Waals surface area contributed by atoms with Crippen LogP contribution in [0.5, 0.6) is 0 Å². The smallest absolute Gasteiger partial charge is 0.355 e. The average Bonchev–Trinajstić information content (AvgIpc) is 2.78. The van der Waals surface area contributed by atoms with Gasteiger partial charge in [0.05, 0.1) is 5.75 Å². The Labute approximate surface area is 124 Å². The Morgan fingerprint density at radius 3 is 2.50 bits per heavy atom. The van der Waals surface area contributed by atoms with E-state index >= 15 is 0 Å². The minimum atomic E-state index is -4.68. The third kappa shape index (κ3) is 3.46. The molecule has 11 heteroatoms. The zero-order valence-corrected chi connectivity index (χ0v) is 12.9. The van der Waals surface area contributed by atoms with Gasteiger partial charge in [0.15, 0.2) is 5.65 Å². The number of halogens is 3. The van der Waals surface area contributed by atoms with E-state index in [1.54, 1.807) is 14.0 Å². The van der Waals surface area contributed by atoms with Crippen molar-refractivity contribution in [2.75, 3.05) is 24.0 Å². The average molecular weight is 337 g/mol. The van der Waals surface area contributed by atoms with Crippen molar-refractivity contribution in [1.29, 1.82) is 0 Å². The van der Waals surface area contributed by atoms with Crippen LogP contribution in [-0.4, -0.2) is 53.3 Å². The number of hydrogen-bond acceptors (Lipinski definition) is 6. The molecule has 0 aromatic carbocycles. The van der Waals surface area contributed by atoms with Crippen LogP contribution >= 0.6 is 0 Å². The molecular formula is C11H14F3N5O2S. The standard InChI is InChI=1S/C11H14F3N5O2S/c1-7(6-22(3,20)21)18(2)9-5-4-8-15-16-10(11(12,13)14)19(8)17-9/h4-5,7H,6H2,1-3H3/t7-/m0/s1. The largest absolute Gasteiger partial charge is 0.453 e. The molecule has 0 amide bonds. The molecule has 0 saturated carbocycles. The van der Waals surface area contributed by atoms with E-state index in [4.69, 9.17) is 0 Å². The molecule has 0 radical (unpaired) electrons. The quantitative estimate of drug-likeness (QED) is 0.828. The normalized spacial score (nSPS) is 14.3. The van der Waals surface area contributed by atoms with Gasteiger partial charge < -0.3 is 4.90 Å². The van der Waals surface area contributed by atoms with E-state index in [1.165, 1.54) is 17.0 Å². The summed E-state index contributed by atoms with van der Waals surface area (Å²) in [6.45, 7) is 1.64. The molecule has 2 aromatic rings. The van der Waals surface area contributed by atoms with Gasteiger partial charge in [0.25, 0.3) is 5.82 Å². The lowest BCUT2D eigenvalue weighted by Gasteiger charge is -2.25. The Morgan fingerprint density at radius 1 is 1.32 bits per heavy atom. The summed E-state index contributed by atoms with van der Waals surface area (Å²) in [7, 11) is -1.66. The van der Waals surface area contributed by atoms with Crippen molar-refractivity contribution in [3.8, 4) is 0 Å². The first-order chi connectivity index (χ1) is 9.99. The van der Waals surface area contributed by atoms with Gasteiger partial charge in [0.1, 0.15) is 15.7 Å². The highest BCUT2D eigenvalue weighted by Crippen LogP contribution is 2.28. The van der Waals surface area contributed by atoms with Crippen LogP contribution in [0.15, 0.2) is 12.1 Å². The molecule has 0 unspecified atom stereocenters. The molecule has 0 spiro atoms. The van der Waals surface area contributed by atoms with Crippen molar-refractivity contribution < 1.29 is 21.6 Å². The fourth-order valence-corrected chi connectivity index (χ4v) is 3.02. The first kappa shape index (κ1) is 16.5. The van der Waals surface area contributed by atoms with Crippen LogP contribution in [0.4, 0.5) is 19.0 Å². The summed E-state index contributed by atoms with van der Waals surface area (Å²) in [6, 6.07) is 2.35.